The van der Waals surface area contributed by atoms with Crippen molar-refractivity contribution in [3.8, 4) is 45.3 Å². The molecule has 5 heteroatoms. The minimum absolute atomic E-state index is 0.606. The summed E-state index contributed by atoms with van der Waals surface area (Å²) in [5.41, 5.74) is 6.69. The maximum absolute atomic E-state index is 6.27. The molecule has 0 saturated heterocycles. The smallest absolute Gasteiger partial charge is 0.164 e. The molecule has 0 amide bonds. The summed E-state index contributed by atoms with van der Waals surface area (Å²) in [6, 6.07) is 52.7. The summed E-state index contributed by atoms with van der Waals surface area (Å²) in [4.78, 5) is 15.6. The highest BCUT2D eigenvalue weighted by Crippen LogP contribution is 2.44. The first-order chi connectivity index (χ1) is 23.8. The van der Waals surface area contributed by atoms with Crippen LogP contribution in [-0.4, -0.2) is 15.0 Å². The molecule has 224 valence electrons. The summed E-state index contributed by atoms with van der Waals surface area (Å²) in [6.07, 6.45) is 0. The van der Waals surface area contributed by atoms with E-state index in [-0.39, 0.29) is 0 Å². The molecular formula is C43H25N3OS. The molecule has 0 fully saturated rings. The molecule has 0 aliphatic carbocycles. The summed E-state index contributed by atoms with van der Waals surface area (Å²) in [5, 5.41) is 6.84. The van der Waals surface area contributed by atoms with Gasteiger partial charge in [-0.1, -0.05) is 115 Å². The first-order valence-electron chi connectivity index (χ1n) is 15.9. The fourth-order valence-corrected chi connectivity index (χ4v) is 8.07. The minimum atomic E-state index is 0.606. The summed E-state index contributed by atoms with van der Waals surface area (Å²) in [6.45, 7) is 0. The third-order valence-electron chi connectivity index (χ3n) is 9.13. The second kappa shape index (κ2) is 10.7. The van der Waals surface area contributed by atoms with Crippen LogP contribution in [0.2, 0.25) is 0 Å². The molecule has 10 rings (SSSR count). The van der Waals surface area contributed by atoms with Crippen molar-refractivity contribution in [2.24, 2.45) is 0 Å². The molecule has 3 aromatic heterocycles. The zero-order chi connectivity index (χ0) is 31.6. The van der Waals surface area contributed by atoms with E-state index in [0.29, 0.717) is 17.5 Å². The Kier molecular flexibility index (Phi) is 6.01. The number of fused-ring (bicyclic) bond motifs is 7. The van der Waals surface area contributed by atoms with Gasteiger partial charge in [0, 0.05) is 47.6 Å². The van der Waals surface area contributed by atoms with Crippen molar-refractivity contribution < 1.29 is 4.42 Å². The summed E-state index contributed by atoms with van der Waals surface area (Å²) in [7, 11) is 0. The van der Waals surface area contributed by atoms with Crippen LogP contribution in [-0.2, 0) is 0 Å². The third kappa shape index (κ3) is 4.25. The van der Waals surface area contributed by atoms with Crippen LogP contribution in [0, 0.1) is 0 Å². The Morgan fingerprint density at radius 2 is 1.00 bits per heavy atom. The van der Waals surface area contributed by atoms with Crippen molar-refractivity contribution in [1.29, 1.82) is 0 Å². The van der Waals surface area contributed by atoms with E-state index in [4.69, 9.17) is 19.4 Å². The Morgan fingerprint density at radius 1 is 0.396 bits per heavy atom. The number of thiophene rings is 1. The van der Waals surface area contributed by atoms with E-state index < -0.39 is 0 Å². The summed E-state index contributed by atoms with van der Waals surface area (Å²) < 4.78 is 8.80. The SMILES string of the molecule is c1ccc(-c2nc(-c3cc4ccccc4cc3-c3cccc4sc5ccccc5c34)nc(-c3cccc4oc5ccccc5c34)n2)cc1. The Hall–Kier alpha value is -6.17. The standard InChI is InChI=1S/C43H25N3OS/c1-2-12-26(13-3-1)41-44-42(32-19-10-21-36-39(32)30-16-6-8-20-35(30)47-36)46-43(45-41)34-25-28-15-5-4-14-27(28)24-33(34)29-18-11-23-38-40(29)31-17-7-9-22-37(31)48-38/h1-25H. The lowest BCUT2D eigenvalue weighted by Crippen LogP contribution is -2.01. The van der Waals surface area contributed by atoms with Crippen LogP contribution in [0.25, 0.3) is 98.2 Å². The number of nitrogens with zero attached hydrogens (tertiary/aromatic N) is 3. The molecular weight excluding hydrogens is 607 g/mol. The van der Waals surface area contributed by atoms with Gasteiger partial charge in [-0.15, -0.1) is 11.3 Å². The number of benzene rings is 7. The van der Waals surface area contributed by atoms with Gasteiger partial charge < -0.3 is 4.42 Å². The summed E-state index contributed by atoms with van der Waals surface area (Å²) in [5.74, 6) is 1.86. The van der Waals surface area contributed by atoms with E-state index >= 15 is 0 Å². The van der Waals surface area contributed by atoms with E-state index in [9.17, 15) is 0 Å². The van der Waals surface area contributed by atoms with Crippen molar-refractivity contribution in [2.75, 3.05) is 0 Å². The van der Waals surface area contributed by atoms with Gasteiger partial charge in [-0.05, 0) is 58.3 Å². The fraction of sp³-hybridized carbons (Fsp3) is 0. The zero-order valence-electron chi connectivity index (χ0n) is 25.6. The van der Waals surface area contributed by atoms with Crippen molar-refractivity contribution in [3.63, 3.8) is 0 Å². The highest BCUT2D eigenvalue weighted by Gasteiger charge is 2.21. The maximum Gasteiger partial charge on any atom is 0.164 e. The van der Waals surface area contributed by atoms with Gasteiger partial charge in [0.2, 0.25) is 0 Å². The largest absolute Gasteiger partial charge is 0.456 e. The predicted octanol–water partition coefficient (Wildman–Crippen LogP) is 12.0. The molecule has 0 radical (unpaired) electrons. The van der Waals surface area contributed by atoms with Crippen molar-refractivity contribution in [1.82, 2.24) is 15.0 Å². The topological polar surface area (TPSA) is 51.8 Å². The number of hydrogen-bond acceptors (Lipinski definition) is 5. The predicted molar refractivity (Wildman–Crippen MR) is 199 cm³/mol. The number of para-hydroxylation sites is 1. The Bertz CT molecular complexity index is 2850. The Balaban J connectivity index is 1.30. The van der Waals surface area contributed by atoms with Gasteiger partial charge in [0.25, 0.3) is 0 Å². The van der Waals surface area contributed by atoms with Crippen molar-refractivity contribution in [3.05, 3.63) is 152 Å². The van der Waals surface area contributed by atoms with E-state index in [0.717, 1.165) is 55.1 Å². The molecule has 0 aliphatic heterocycles. The number of aromatic nitrogens is 3. The van der Waals surface area contributed by atoms with Gasteiger partial charge in [0.1, 0.15) is 11.2 Å². The first-order valence-corrected chi connectivity index (χ1v) is 16.8. The molecule has 0 N–H and O–H groups in total. The first kappa shape index (κ1) is 27.0. The lowest BCUT2D eigenvalue weighted by atomic mass is 9.92. The van der Waals surface area contributed by atoms with Crippen LogP contribution < -0.4 is 0 Å². The second-order valence-electron chi connectivity index (χ2n) is 12.0. The minimum Gasteiger partial charge on any atom is -0.456 e. The number of rotatable bonds is 4. The molecule has 0 atom stereocenters. The molecule has 3 heterocycles. The van der Waals surface area contributed by atoms with Crippen LogP contribution >= 0.6 is 11.3 Å². The third-order valence-corrected chi connectivity index (χ3v) is 10.3. The maximum atomic E-state index is 6.27. The van der Waals surface area contributed by atoms with Crippen LogP contribution in [0.4, 0.5) is 0 Å². The number of hydrogen-bond donors (Lipinski definition) is 0. The highest BCUT2D eigenvalue weighted by atomic mass is 32.1. The molecule has 0 unspecified atom stereocenters. The van der Waals surface area contributed by atoms with Crippen molar-refractivity contribution >= 4 is 64.2 Å². The van der Waals surface area contributed by atoms with Gasteiger partial charge >= 0.3 is 0 Å². The zero-order valence-corrected chi connectivity index (χ0v) is 26.4. The lowest BCUT2D eigenvalue weighted by Gasteiger charge is -2.15. The van der Waals surface area contributed by atoms with Gasteiger partial charge in [-0.25, -0.2) is 15.0 Å². The molecule has 10 aromatic rings. The van der Waals surface area contributed by atoms with E-state index in [1.165, 1.54) is 25.6 Å². The van der Waals surface area contributed by atoms with Crippen LogP contribution in [0.1, 0.15) is 0 Å². The molecule has 0 aliphatic rings. The van der Waals surface area contributed by atoms with Gasteiger partial charge in [-0.2, -0.15) is 0 Å². The van der Waals surface area contributed by atoms with Crippen LogP contribution in [0.15, 0.2) is 156 Å². The van der Waals surface area contributed by atoms with Gasteiger partial charge in [-0.3, -0.25) is 0 Å². The molecule has 0 saturated carbocycles. The quantitative estimate of drug-likeness (QED) is 0.194. The van der Waals surface area contributed by atoms with E-state index in [1.54, 1.807) is 0 Å². The van der Waals surface area contributed by atoms with E-state index in [2.05, 4.69) is 103 Å². The Morgan fingerprint density at radius 3 is 1.85 bits per heavy atom. The monoisotopic (exact) mass is 631 g/mol. The molecule has 48 heavy (non-hydrogen) atoms. The number of furan rings is 1. The van der Waals surface area contributed by atoms with Crippen LogP contribution in [0.5, 0.6) is 0 Å². The molecule has 0 bridgehead atoms. The Labute approximate surface area is 279 Å². The lowest BCUT2D eigenvalue weighted by molar-refractivity contribution is 0.669. The average Bonchev–Trinajstić information content (AvgIpc) is 3.73. The second-order valence-corrected chi connectivity index (χ2v) is 13.1. The van der Waals surface area contributed by atoms with Gasteiger partial charge in [0.05, 0.1) is 0 Å². The average molecular weight is 632 g/mol. The molecule has 0 spiro atoms. The van der Waals surface area contributed by atoms with Gasteiger partial charge in [0.15, 0.2) is 17.5 Å². The molecule has 4 nitrogen and oxygen atoms in total. The van der Waals surface area contributed by atoms with E-state index in [1.807, 2.05) is 59.9 Å². The molecule has 7 aromatic carbocycles. The normalized spacial score (nSPS) is 11.8. The summed E-state index contributed by atoms with van der Waals surface area (Å²) >= 11 is 1.83. The highest BCUT2D eigenvalue weighted by molar-refractivity contribution is 7.25. The van der Waals surface area contributed by atoms with Crippen molar-refractivity contribution in [2.45, 2.75) is 0 Å². The fourth-order valence-electron chi connectivity index (χ4n) is 6.94. The van der Waals surface area contributed by atoms with Crippen LogP contribution in [0.3, 0.4) is 0 Å².